The van der Waals surface area contributed by atoms with Crippen molar-refractivity contribution in [3.05, 3.63) is 34.3 Å². The molecule has 2 aliphatic rings. The van der Waals surface area contributed by atoms with E-state index in [9.17, 15) is 14.4 Å². The third-order valence-electron chi connectivity index (χ3n) is 4.54. The molecular weight excluding hydrogens is 316 g/mol. The molecule has 3 amide bonds. The maximum atomic E-state index is 12.3. The van der Waals surface area contributed by atoms with Crippen LogP contribution in [0.25, 0.3) is 0 Å². The molecule has 122 valence electrons. The van der Waals surface area contributed by atoms with Gasteiger partial charge < -0.3 is 5.32 Å². The lowest BCUT2D eigenvalue weighted by Gasteiger charge is -2.21. The molecule has 0 radical (unpaired) electrons. The topological polar surface area (TPSA) is 66.5 Å². The van der Waals surface area contributed by atoms with Crippen LogP contribution in [0, 0.1) is 5.92 Å². The Morgan fingerprint density at radius 3 is 2.57 bits per heavy atom. The number of amides is 3. The average molecular weight is 335 g/mol. The summed E-state index contributed by atoms with van der Waals surface area (Å²) >= 11 is 5.88. The number of carbonyl (C=O) groups is 3. The van der Waals surface area contributed by atoms with E-state index >= 15 is 0 Å². The second kappa shape index (κ2) is 6.71. The van der Waals surface area contributed by atoms with E-state index in [1.807, 2.05) is 0 Å². The van der Waals surface area contributed by atoms with E-state index in [1.54, 1.807) is 12.1 Å². The highest BCUT2D eigenvalue weighted by atomic mass is 35.5. The number of hydrogen-bond donors (Lipinski definition) is 1. The van der Waals surface area contributed by atoms with Crippen LogP contribution in [0.15, 0.2) is 18.2 Å². The maximum absolute atomic E-state index is 12.3. The number of imide groups is 1. The van der Waals surface area contributed by atoms with Gasteiger partial charge in [-0.1, -0.05) is 30.9 Å². The Bertz CT molecular complexity index is 653. The van der Waals surface area contributed by atoms with Crippen molar-refractivity contribution in [1.82, 2.24) is 10.2 Å². The number of hydrogen-bond acceptors (Lipinski definition) is 3. The van der Waals surface area contributed by atoms with Crippen molar-refractivity contribution in [3.63, 3.8) is 0 Å². The van der Waals surface area contributed by atoms with Crippen LogP contribution in [0.1, 0.15) is 52.8 Å². The molecule has 3 rings (SSSR count). The minimum absolute atomic E-state index is 0.0318. The molecule has 1 heterocycles. The number of halogens is 1. The monoisotopic (exact) mass is 334 g/mol. The molecule has 1 aromatic carbocycles. The average Bonchev–Trinajstić information content (AvgIpc) is 2.80. The highest BCUT2D eigenvalue weighted by Crippen LogP contribution is 2.26. The van der Waals surface area contributed by atoms with Crippen LogP contribution in [-0.2, 0) is 4.79 Å². The van der Waals surface area contributed by atoms with Crippen LogP contribution < -0.4 is 5.32 Å². The van der Waals surface area contributed by atoms with Crippen LogP contribution in [-0.4, -0.2) is 35.7 Å². The molecule has 0 saturated heterocycles. The summed E-state index contributed by atoms with van der Waals surface area (Å²) < 4.78 is 0. The smallest absolute Gasteiger partial charge is 0.261 e. The van der Waals surface area contributed by atoms with Crippen molar-refractivity contribution in [2.75, 3.05) is 13.1 Å². The summed E-state index contributed by atoms with van der Waals surface area (Å²) in [7, 11) is 0. The Labute approximate surface area is 140 Å². The molecule has 1 aliphatic heterocycles. The fourth-order valence-corrected chi connectivity index (χ4v) is 3.44. The largest absolute Gasteiger partial charge is 0.354 e. The van der Waals surface area contributed by atoms with Crippen molar-refractivity contribution >= 4 is 29.3 Å². The molecule has 23 heavy (non-hydrogen) atoms. The number of nitrogens with one attached hydrogen (secondary N) is 1. The second-order valence-electron chi connectivity index (χ2n) is 6.08. The van der Waals surface area contributed by atoms with Crippen molar-refractivity contribution in [1.29, 1.82) is 0 Å². The van der Waals surface area contributed by atoms with Crippen molar-refractivity contribution in [2.45, 2.75) is 32.1 Å². The zero-order valence-electron chi connectivity index (χ0n) is 12.8. The zero-order chi connectivity index (χ0) is 16.4. The van der Waals surface area contributed by atoms with Gasteiger partial charge in [0.15, 0.2) is 0 Å². The van der Waals surface area contributed by atoms with Crippen molar-refractivity contribution in [2.24, 2.45) is 5.92 Å². The third-order valence-corrected chi connectivity index (χ3v) is 4.78. The van der Waals surface area contributed by atoms with Crippen molar-refractivity contribution in [3.8, 4) is 0 Å². The molecular formula is C17H19ClN2O3. The standard InChI is InChI=1S/C17H19ClN2O3/c18-12-6-7-13-14(10-12)17(23)20(16(13)22)9-8-19-15(21)11-4-2-1-3-5-11/h6-7,10-11H,1-5,8-9H2,(H,19,21). The molecule has 0 aromatic heterocycles. The molecule has 1 fully saturated rings. The van der Waals surface area contributed by atoms with Gasteiger partial charge in [0.1, 0.15) is 0 Å². The van der Waals surface area contributed by atoms with E-state index in [4.69, 9.17) is 11.6 Å². The van der Waals surface area contributed by atoms with E-state index in [1.165, 1.54) is 17.4 Å². The predicted molar refractivity (Wildman–Crippen MR) is 86.4 cm³/mol. The predicted octanol–water partition coefficient (Wildman–Crippen LogP) is 2.63. The zero-order valence-corrected chi connectivity index (χ0v) is 13.6. The number of carbonyl (C=O) groups excluding carboxylic acids is 3. The van der Waals surface area contributed by atoms with Gasteiger partial charge >= 0.3 is 0 Å². The first-order valence-electron chi connectivity index (χ1n) is 8.01. The van der Waals surface area contributed by atoms with E-state index in [2.05, 4.69) is 5.32 Å². The highest BCUT2D eigenvalue weighted by Gasteiger charge is 2.35. The molecule has 5 nitrogen and oxygen atoms in total. The van der Waals surface area contributed by atoms with Crippen LogP contribution in [0.3, 0.4) is 0 Å². The molecule has 1 N–H and O–H groups in total. The van der Waals surface area contributed by atoms with E-state index in [0.717, 1.165) is 25.7 Å². The Morgan fingerprint density at radius 1 is 1.13 bits per heavy atom. The first kappa shape index (κ1) is 16.0. The SMILES string of the molecule is O=C(NCCN1C(=O)c2ccc(Cl)cc2C1=O)C1CCCCC1. The van der Waals surface area contributed by atoms with Crippen LogP contribution in [0.5, 0.6) is 0 Å². The minimum Gasteiger partial charge on any atom is -0.354 e. The lowest BCUT2D eigenvalue weighted by atomic mass is 9.89. The Kier molecular flexibility index (Phi) is 4.66. The molecule has 0 unspecified atom stereocenters. The molecule has 6 heteroatoms. The van der Waals surface area contributed by atoms with Gasteiger partial charge in [-0.25, -0.2) is 0 Å². The van der Waals surface area contributed by atoms with Crippen LogP contribution in [0.4, 0.5) is 0 Å². The summed E-state index contributed by atoms with van der Waals surface area (Å²) in [5.41, 5.74) is 0.708. The summed E-state index contributed by atoms with van der Waals surface area (Å²) in [5, 5.41) is 3.28. The van der Waals surface area contributed by atoms with Gasteiger partial charge in [-0.3, -0.25) is 19.3 Å². The van der Waals surface area contributed by atoms with Gasteiger partial charge in [0.25, 0.3) is 11.8 Å². The van der Waals surface area contributed by atoms with Gasteiger partial charge in [0.05, 0.1) is 11.1 Å². The summed E-state index contributed by atoms with van der Waals surface area (Å²) in [6.45, 7) is 0.469. The normalized spacial score (nSPS) is 18.2. The van der Waals surface area contributed by atoms with Gasteiger partial charge in [-0.05, 0) is 31.0 Å². The number of nitrogens with zero attached hydrogens (tertiary/aromatic N) is 1. The summed E-state index contributed by atoms with van der Waals surface area (Å²) in [6.07, 6.45) is 5.24. The highest BCUT2D eigenvalue weighted by molar-refractivity contribution is 6.32. The molecule has 1 aliphatic carbocycles. The molecule has 0 spiro atoms. The quantitative estimate of drug-likeness (QED) is 0.861. The number of rotatable bonds is 4. The lowest BCUT2D eigenvalue weighted by molar-refractivity contribution is -0.125. The van der Waals surface area contributed by atoms with Gasteiger partial charge in [-0.15, -0.1) is 0 Å². The van der Waals surface area contributed by atoms with Crippen molar-refractivity contribution < 1.29 is 14.4 Å². The third kappa shape index (κ3) is 3.24. The molecule has 1 saturated carbocycles. The number of benzene rings is 1. The van der Waals surface area contributed by atoms with E-state index in [0.29, 0.717) is 16.1 Å². The Balaban J connectivity index is 1.56. The summed E-state index contributed by atoms with van der Waals surface area (Å²) in [5.74, 6) is -0.568. The fourth-order valence-electron chi connectivity index (χ4n) is 3.27. The fraction of sp³-hybridized carbons (Fsp3) is 0.471. The minimum atomic E-state index is -0.348. The summed E-state index contributed by atoms with van der Waals surface area (Å²) in [4.78, 5) is 37.8. The molecule has 1 aromatic rings. The van der Waals surface area contributed by atoms with Crippen LogP contribution >= 0.6 is 11.6 Å². The Hall–Kier alpha value is -1.88. The number of fused-ring (bicyclic) bond motifs is 1. The maximum Gasteiger partial charge on any atom is 0.261 e. The second-order valence-corrected chi connectivity index (χ2v) is 6.51. The van der Waals surface area contributed by atoms with E-state index < -0.39 is 0 Å². The van der Waals surface area contributed by atoms with Gasteiger partial charge in [0, 0.05) is 24.0 Å². The first-order chi connectivity index (χ1) is 11.1. The summed E-state index contributed by atoms with van der Waals surface area (Å²) in [6, 6.07) is 4.68. The molecule has 0 bridgehead atoms. The van der Waals surface area contributed by atoms with E-state index in [-0.39, 0.29) is 36.7 Å². The van der Waals surface area contributed by atoms with Crippen LogP contribution in [0.2, 0.25) is 5.02 Å². The van der Waals surface area contributed by atoms with Gasteiger partial charge in [-0.2, -0.15) is 0 Å². The molecule has 0 atom stereocenters. The Morgan fingerprint density at radius 2 is 1.83 bits per heavy atom. The van der Waals surface area contributed by atoms with Gasteiger partial charge in [0.2, 0.25) is 5.91 Å². The first-order valence-corrected chi connectivity index (χ1v) is 8.39. The lowest BCUT2D eigenvalue weighted by Crippen LogP contribution is -2.40.